The molecule has 2 heterocycles. The molecule has 0 saturated heterocycles. The summed E-state index contributed by atoms with van der Waals surface area (Å²) < 4.78 is 5.80. The van der Waals surface area contributed by atoms with Gasteiger partial charge in [0.2, 0.25) is 0 Å². The van der Waals surface area contributed by atoms with Gasteiger partial charge in [0.1, 0.15) is 5.75 Å². The van der Waals surface area contributed by atoms with E-state index >= 15 is 0 Å². The summed E-state index contributed by atoms with van der Waals surface area (Å²) >= 11 is 1.67. The van der Waals surface area contributed by atoms with Gasteiger partial charge in [0.25, 0.3) is 0 Å². The summed E-state index contributed by atoms with van der Waals surface area (Å²) in [6.07, 6.45) is 2.66. The summed E-state index contributed by atoms with van der Waals surface area (Å²) in [7, 11) is 0. The van der Waals surface area contributed by atoms with Crippen molar-refractivity contribution < 1.29 is 4.74 Å². The van der Waals surface area contributed by atoms with Crippen molar-refractivity contribution in [3.63, 3.8) is 0 Å². The van der Waals surface area contributed by atoms with Gasteiger partial charge in [-0.15, -0.1) is 11.3 Å². The fraction of sp³-hybridized carbons (Fsp3) is 0.385. The zero-order valence-electron chi connectivity index (χ0n) is 10.6. The minimum Gasteiger partial charge on any atom is -0.493 e. The van der Waals surface area contributed by atoms with Crippen molar-refractivity contribution in [3.8, 4) is 5.75 Å². The lowest BCUT2D eigenvalue weighted by atomic mass is 10.2. The molecule has 0 fully saturated rings. The molecule has 0 aliphatic carbocycles. The smallest absolute Gasteiger partial charge is 0.127 e. The van der Waals surface area contributed by atoms with Gasteiger partial charge in [-0.2, -0.15) is 0 Å². The van der Waals surface area contributed by atoms with Crippen LogP contribution in [0.1, 0.15) is 21.8 Å². The zero-order chi connectivity index (χ0) is 13.0. The Balaban J connectivity index is 1.98. The Morgan fingerprint density at radius 3 is 2.83 bits per heavy atom. The lowest BCUT2D eigenvalue weighted by Crippen LogP contribution is -2.06. The lowest BCUT2D eigenvalue weighted by Gasteiger charge is -2.10. The van der Waals surface area contributed by atoms with Crippen LogP contribution in [0.2, 0.25) is 0 Å². The van der Waals surface area contributed by atoms with E-state index in [1.54, 1.807) is 17.5 Å². The molecular weight excluding hydrogens is 246 g/mol. The maximum Gasteiger partial charge on any atom is 0.127 e. The molecule has 0 amide bonds. The number of pyridine rings is 1. The molecule has 2 aromatic heterocycles. The number of aryl methyl sites for hydroxylation is 2. The van der Waals surface area contributed by atoms with Crippen molar-refractivity contribution in [2.45, 2.75) is 26.8 Å². The summed E-state index contributed by atoms with van der Waals surface area (Å²) in [5.74, 6) is 0.840. The first-order chi connectivity index (χ1) is 8.70. The van der Waals surface area contributed by atoms with Gasteiger partial charge in [0.05, 0.1) is 17.8 Å². The van der Waals surface area contributed by atoms with Crippen LogP contribution < -0.4 is 10.5 Å². The highest BCUT2D eigenvalue weighted by molar-refractivity contribution is 7.09. The van der Waals surface area contributed by atoms with Crippen molar-refractivity contribution in [2.24, 2.45) is 5.73 Å². The molecule has 0 radical (unpaired) electrons. The molecule has 0 aliphatic heterocycles. The summed E-state index contributed by atoms with van der Waals surface area (Å²) in [5.41, 5.74) is 10.5. The van der Waals surface area contributed by atoms with Crippen molar-refractivity contribution in [1.29, 1.82) is 0 Å². The third kappa shape index (κ3) is 3.05. The predicted molar refractivity (Wildman–Crippen MR) is 72.9 cm³/mol. The number of thiazole rings is 1. The third-order valence-corrected chi connectivity index (χ3v) is 3.73. The fourth-order valence-corrected chi connectivity index (χ4v) is 2.43. The summed E-state index contributed by atoms with van der Waals surface area (Å²) in [6.45, 7) is 5.05. The molecule has 0 aromatic carbocycles. The number of hydrogen-bond acceptors (Lipinski definition) is 5. The van der Waals surface area contributed by atoms with E-state index in [4.69, 9.17) is 10.5 Å². The molecule has 0 spiro atoms. The van der Waals surface area contributed by atoms with Gasteiger partial charge >= 0.3 is 0 Å². The molecule has 2 N–H and O–H groups in total. The van der Waals surface area contributed by atoms with Gasteiger partial charge in [-0.25, -0.2) is 4.98 Å². The summed E-state index contributed by atoms with van der Waals surface area (Å²) in [6, 6.07) is 1.93. The second kappa shape index (κ2) is 5.93. The number of aromatic nitrogens is 2. The van der Waals surface area contributed by atoms with Gasteiger partial charge in [0, 0.05) is 41.4 Å². The van der Waals surface area contributed by atoms with Crippen LogP contribution in [0, 0.1) is 13.8 Å². The maximum absolute atomic E-state index is 5.80. The molecule has 2 aromatic rings. The van der Waals surface area contributed by atoms with Gasteiger partial charge in [0.15, 0.2) is 0 Å². The second-order valence-corrected chi connectivity index (χ2v) is 5.04. The standard InChI is InChI=1S/C13H17N3OS/c1-9-5-12(11(6-14)7-15-9)17-4-3-13-10(2)16-8-18-13/h5,7-8H,3-4,6,14H2,1-2H3. The molecule has 96 valence electrons. The molecule has 0 bridgehead atoms. The van der Waals surface area contributed by atoms with E-state index in [1.165, 1.54) is 4.88 Å². The number of nitrogens with zero attached hydrogens (tertiary/aromatic N) is 2. The molecule has 18 heavy (non-hydrogen) atoms. The second-order valence-electron chi connectivity index (χ2n) is 4.10. The summed E-state index contributed by atoms with van der Waals surface area (Å²) in [5, 5.41) is 0. The Morgan fingerprint density at radius 1 is 1.33 bits per heavy atom. The van der Waals surface area contributed by atoms with E-state index in [2.05, 4.69) is 9.97 Å². The normalized spacial score (nSPS) is 10.6. The quantitative estimate of drug-likeness (QED) is 0.898. The molecule has 0 atom stereocenters. The lowest BCUT2D eigenvalue weighted by molar-refractivity contribution is 0.318. The number of nitrogens with two attached hydrogens (primary N) is 1. The van der Waals surface area contributed by atoms with Crippen LogP contribution in [0.3, 0.4) is 0 Å². The topological polar surface area (TPSA) is 61.0 Å². The van der Waals surface area contributed by atoms with Crippen LogP contribution in [-0.4, -0.2) is 16.6 Å². The van der Waals surface area contributed by atoms with E-state index in [0.717, 1.165) is 29.1 Å². The van der Waals surface area contributed by atoms with Crippen LogP contribution in [-0.2, 0) is 13.0 Å². The fourth-order valence-electron chi connectivity index (χ4n) is 1.67. The van der Waals surface area contributed by atoms with Crippen LogP contribution in [0.15, 0.2) is 17.8 Å². The van der Waals surface area contributed by atoms with Gasteiger partial charge in [-0.1, -0.05) is 0 Å². The number of ether oxygens (including phenoxy) is 1. The average molecular weight is 263 g/mol. The van der Waals surface area contributed by atoms with E-state index < -0.39 is 0 Å². The van der Waals surface area contributed by atoms with Crippen molar-refractivity contribution in [2.75, 3.05) is 6.61 Å². The van der Waals surface area contributed by atoms with Gasteiger partial charge in [-0.05, 0) is 13.8 Å². The van der Waals surface area contributed by atoms with Crippen molar-refractivity contribution in [1.82, 2.24) is 9.97 Å². The highest BCUT2D eigenvalue weighted by Crippen LogP contribution is 2.19. The highest BCUT2D eigenvalue weighted by Gasteiger charge is 2.05. The van der Waals surface area contributed by atoms with Crippen LogP contribution in [0.25, 0.3) is 0 Å². The Hall–Kier alpha value is -1.46. The van der Waals surface area contributed by atoms with Crippen LogP contribution >= 0.6 is 11.3 Å². The Labute approximate surface area is 111 Å². The van der Waals surface area contributed by atoms with E-state index in [1.807, 2.05) is 25.4 Å². The third-order valence-electron chi connectivity index (χ3n) is 2.73. The Morgan fingerprint density at radius 2 is 2.17 bits per heavy atom. The molecule has 0 aliphatic rings. The minimum absolute atomic E-state index is 0.447. The zero-order valence-corrected chi connectivity index (χ0v) is 11.5. The maximum atomic E-state index is 5.80. The summed E-state index contributed by atoms with van der Waals surface area (Å²) in [4.78, 5) is 9.71. The first-order valence-corrected chi connectivity index (χ1v) is 6.76. The minimum atomic E-state index is 0.447. The van der Waals surface area contributed by atoms with E-state index in [0.29, 0.717) is 13.2 Å². The SMILES string of the molecule is Cc1cc(OCCc2scnc2C)c(CN)cn1. The van der Waals surface area contributed by atoms with Crippen LogP contribution in [0.5, 0.6) is 5.75 Å². The van der Waals surface area contributed by atoms with Gasteiger partial charge < -0.3 is 10.5 Å². The molecular formula is C13H17N3OS. The van der Waals surface area contributed by atoms with Crippen LogP contribution in [0.4, 0.5) is 0 Å². The van der Waals surface area contributed by atoms with Gasteiger partial charge in [-0.3, -0.25) is 4.98 Å². The monoisotopic (exact) mass is 263 g/mol. The number of rotatable bonds is 5. The average Bonchev–Trinajstić information content (AvgIpc) is 2.76. The molecule has 0 unspecified atom stereocenters. The van der Waals surface area contributed by atoms with Crippen molar-refractivity contribution in [3.05, 3.63) is 39.6 Å². The predicted octanol–water partition coefficient (Wildman–Crippen LogP) is 2.24. The Bertz CT molecular complexity index is 525. The Kier molecular flexibility index (Phi) is 4.28. The van der Waals surface area contributed by atoms with E-state index in [-0.39, 0.29) is 0 Å². The number of hydrogen-bond donors (Lipinski definition) is 1. The molecule has 4 nitrogen and oxygen atoms in total. The first-order valence-electron chi connectivity index (χ1n) is 5.88. The molecule has 5 heteroatoms. The van der Waals surface area contributed by atoms with E-state index in [9.17, 15) is 0 Å². The van der Waals surface area contributed by atoms with Crippen molar-refractivity contribution >= 4 is 11.3 Å². The highest BCUT2D eigenvalue weighted by atomic mass is 32.1. The first kappa shape index (κ1) is 13.0. The molecule has 0 saturated carbocycles. The largest absolute Gasteiger partial charge is 0.493 e. The molecule has 2 rings (SSSR count).